The van der Waals surface area contributed by atoms with Crippen LogP contribution < -0.4 is 4.74 Å². The lowest BCUT2D eigenvalue weighted by atomic mass is 10.1. The van der Waals surface area contributed by atoms with Gasteiger partial charge in [0, 0.05) is 11.6 Å². The van der Waals surface area contributed by atoms with Crippen molar-refractivity contribution in [3.63, 3.8) is 0 Å². The largest absolute Gasteiger partial charge is 0.480 e. The molecule has 0 amide bonds. The molecule has 0 aliphatic rings. The van der Waals surface area contributed by atoms with Gasteiger partial charge in [0.2, 0.25) is 0 Å². The first-order valence-corrected chi connectivity index (χ1v) is 6.66. The lowest BCUT2D eigenvalue weighted by Crippen LogP contribution is -2.29. The van der Waals surface area contributed by atoms with Gasteiger partial charge in [-0.15, -0.1) is 6.42 Å². The van der Waals surface area contributed by atoms with Gasteiger partial charge in [0.25, 0.3) is 0 Å². The van der Waals surface area contributed by atoms with Gasteiger partial charge in [-0.3, -0.25) is 4.98 Å². The Kier molecular flexibility index (Phi) is 4.35. The van der Waals surface area contributed by atoms with E-state index >= 15 is 0 Å². The Balaban J connectivity index is 2.13. The quantitative estimate of drug-likeness (QED) is 0.643. The SMILES string of the molecule is C#CC(C)(C)OC(=O)COc1ccc(Cl)c2cccnc12. The van der Waals surface area contributed by atoms with Crippen LogP contribution in [0.15, 0.2) is 30.5 Å². The number of carbonyl (C=O) groups is 1. The molecule has 1 aromatic carbocycles. The second-order valence-electron chi connectivity index (χ2n) is 4.86. The molecule has 0 aliphatic carbocycles. The van der Waals surface area contributed by atoms with Gasteiger partial charge >= 0.3 is 5.97 Å². The van der Waals surface area contributed by atoms with Crippen LogP contribution in [0.3, 0.4) is 0 Å². The molecule has 0 saturated carbocycles. The number of hydrogen-bond acceptors (Lipinski definition) is 4. The Morgan fingerprint density at radius 2 is 2.19 bits per heavy atom. The number of esters is 1. The average molecular weight is 304 g/mol. The number of benzene rings is 1. The van der Waals surface area contributed by atoms with Crippen LogP contribution >= 0.6 is 11.6 Å². The second-order valence-corrected chi connectivity index (χ2v) is 5.27. The summed E-state index contributed by atoms with van der Waals surface area (Å²) in [5, 5.41) is 1.33. The fourth-order valence-corrected chi connectivity index (χ4v) is 1.92. The molecule has 0 radical (unpaired) electrons. The number of terminal acetylenes is 1. The van der Waals surface area contributed by atoms with E-state index in [0.29, 0.717) is 16.3 Å². The summed E-state index contributed by atoms with van der Waals surface area (Å²) < 4.78 is 10.6. The highest BCUT2D eigenvalue weighted by atomic mass is 35.5. The van der Waals surface area contributed by atoms with Gasteiger partial charge in [-0.2, -0.15) is 0 Å². The first-order chi connectivity index (χ1) is 9.93. The zero-order valence-electron chi connectivity index (χ0n) is 11.7. The van der Waals surface area contributed by atoms with Crippen molar-refractivity contribution >= 4 is 28.5 Å². The minimum atomic E-state index is -0.958. The van der Waals surface area contributed by atoms with Crippen LogP contribution in [0.2, 0.25) is 5.02 Å². The molecule has 0 aliphatic heterocycles. The zero-order valence-corrected chi connectivity index (χ0v) is 12.5. The molecule has 2 rings (SSSR count). The Bertz CT molecular complexity index is 719. The Hall–Kier alpha value is -2.25. The van der Waals surface area contributed by atoms with Crippen molar-refractivity contribution in [3.8, 4) is 18.1 Å². The van der Waals surface area contributed by atoms with E-state index in [0.717, 1.165) is 5.39 Å². The van der Waals surface area contributed by atoms with Gasteiger partial charge < -0.3 is 9.47 Å². The molecule has 0 bridgehead atoms. The molecule has 0 atom stereocenters. The van der Waals surface area contributed by atoms with Gasteiger partial charge in [0.05, 0.1) is 5.02 Å². The van der Waals surface area contributed by atoms with Gasteiger partial charge in [0.1, 0.15) is 11.3 Å². The average Bonchev–Trinajstić information content (AvgIpc) is 2.46. The number of pyridine rings is 1. The lowest BCUT2D eigenvalue weighted by Gasteiger charge is -2.18. The summed E-state index contributed by atoms with van der Waals surface area (Å²) in [4.78, 5) is 15.9. The maximum Gasteiger partial charge on any atom is 0.345 e. The monoisotopic (exact) mass is 303 g/mol. The third-order valence-corrected chi connectivity index (χ3v) is 3.07. The minimum absolute atomic E-state index is 0.252. The third kappa shape index (κ3) is 3.65. The van der Waals surface area contributed by atoms with Crippen molar-refractivity contribution < 1.29 is 14.3 Å². The minimum Gasteiger partial charge on any atom is -0.480 e. The molecule has 0 saturated heterocycles. The van der Waals surface area contributed by atoms with Crippen LogP contribution in [0.5, 0.6) is 5.75 Å². The molecule has 21 heavy (non-hydrogen) atoms. The number of nitrogens with zero attached hydrogens (tertiary/aromatic N) is 1. The Labute approximate surface area is 128 Å². The normalized spacial score (nSPS) is 11.0. The predicted octanol–water partition coefficient (Wildman–Crippen LogP) is 3.22. The van der Waals surface area contributed by atoms with E-state index in [-0.39, 0.29) is 6.61 Å². The predicted molar refractivity (Wildman–Crippen MR) is 81.3 cm³/mol. The summed E-state index contributed by atoms with van der Waals surface area (Å²) in [6.45, 7) is 3.01. The Morgan fingerprint density at radius 1 is 1.43 bits per heavy atom. The van der Waals surface area contributed by atoms with Crippen LogP contribution in [0, 0.1) is 12.3 Å². The summed E-state index contributed by atoms with van der Waals surface area (Å²) in [5.41, 5.74) is -0.366. The fourth-order valence-electron chi connectivity index (χ4n) is 1.71. The molecule has 5 heteroatoms. The molecule has 4 nitrogen and oxygen atoms in total. The molecule has 0 fully saturated rings. The smallest absolute Gasteiger partial charge is 0.345 e. The second kappa shape index (κ2) is 6.02. The van der Waals surface area contributed by atoms with E-state index in [1.807, 2.05) is 6.07 Å². The van der Waals surface area contributed by atoms with Gasteiger partial charge in [-0.25, -0.2) is 4.79 Å². The zero-order chi connectivity index (χ0) is 15.5. The highest BCUT2D eigenvalue weighted by molar-refractivity contribution is 6.35. The Morgan fingerprint density at radius 3 is 2.90 bits per heavy atom. The molecule has 0 spiro atoms. The van der Waals surface area contributed by atoms with Gasteiger partial charge in [-0.05, 0) is 38.1 Å². The molecule has 1 heterocycles. The molecular weight excluding hydrogens is 290 g/mol. The maximum absolute atomic E-state index is 11.7. The third-order valence-electron chi connectivity index (χ3n) is 2.74. The number of hydrogen-bond donors (Lipinski definition) is 0. The lowest BCUT2D eigenvalue weighted by molar-refractivity contribution is -0.154. The van der Waals surface area contributed by atoms with E-state index < -0.39 is 11.6 Å². The molecule has 2 aromatic rings. The summed E-state index contributed by atoms with van der Waals surface area (Å²) in [6, 6.07) is 6.97. The van der Waals surface area contributed by atoms with Crippen molar-refractivity contribution in [1.29, 1.82) is 0 Å². The van der Waals surface area contributed by atoms with Crippen LogP contribution in [-0.4, -0.2) is 23.2 Å². The van der Waals surface area contributed by atoms with Crippen LogP contribution in [0.25, 0.3) is 10.9 Å². The number of aromatic nitrogens is 1. The highest BCUT2D eigenvalue weighted by Crippen LogP contribution is 2.29. The van der Waals surface area contributed by atoms with Gasteiger partial charge in [0.15, 0.2) is 12.2 Å². The van der Waals surface area contributed by atoms with Crippen LogP contribution in [-0.2, 0) is 9.53 Å². The molecule has 108 valence electrons. The number of rotatable bonds is 4. The summed E-state index contributed by atoms with van der Waals surface area (Å²) in [5.74, 6) is 2.30. The van der Waals surface area contributed by atoms with E-state index in [1.54, 1.807) is 38.2 Å². The molecule has 1 aromatic heterocycles. The first-order valence-electron chi connectivity index (χ1n) is 6.28. The molecule has 0 unspecified atom stereocenters. The van der Waals surface area contributed by atoms with Crippen LogP contribution in [0.1, 0.15) is 13.8 Å². The van der Waals surface area contributed by atoms with E-state index in [2.05, 4.69) is 10.9 Å². The van der Waals surface area contributed by atoms with Crippen molar-refractivity contribution in [2.75, 3.05) is 6.61 Å². The van der Waals surface area contributed by atoms with E-state index in [4.69, 9.17) is 27.5 Å². The number of halogens is 1. The van der Waals surface area contributed by atoms with Crippen LogP contribution in [0.4, 0.5) is 0 Å². The summed E-state index contributed by atoms with van der Waals surface area (Å²) >= 11 is 6.09. The van der Waals surface area contributed by atoms with E-state index in [1.165, 1.54) is 0 Å². The summed E-state index contributed by atoms with van der Waals surface area (Å²) in [7, 11) is 0. The topological polar surface area (TPSA) is 48.4 Å². The van der Waals surface area contributed by atoms with Gasteiger partial charge in [-0.1, -0.05) is 17.5 Å². The number of carbonyl (C=O) groups excluding carboxylic acids is 1. The molecule has 0 N–H and O–H groups in total. The maximum atomic E-state index is 11.7. The summed E-state index contributed by atoms with van der Waals surface area (Å²) in [6.07, 6.45) is 6.89. The fraction of sp³-hybridized carbons (Fsp3) is 0.250. The standard InChI is InChI=1S/C16H14ClNO3/c1-4-16(2,3)21-14(19)10-20-13-8-7-12(17)11-6-5-9-18-15(11)13/h1,5-9H,10H2,2-3H3. The van der Waals surface area contributed by atoms with Crippen molar-refractivity contribution in [3.05, 3.63) is 35.5 Å². The van der Waals surface area contributed by atoms with Crippen molar-refractivity contribution in [2.24, 2.45) is 0 Å². The first kappa shape index (κ1) is 15.1. The number of fused-ring (bicyclic) bond motifs is 1. The van der Waals surface area contributed by atoms with E-state index in [9.17, 15) is 4.79 Å². The molecular formula is C16H14ClNO3. The highest BCUT2D eigenvalue weighted by Gasteiger charge is 2.20. The van der Waals surface area contributed by atoms with Crippen molar-refractivity contribution in [1.82, 2.24) is 4.98 Å². The number of ether oxygens (including phenoxy) is 2. The van der Waals surface area contributed by atoms with Crippen molar-refractivity contribution in [2.45, 2.75) is 19.4 Å².